The summed E-state index contributed by atoms with van der Waals surface area (Å²) in [7, 11) is 0. The topological polar surface area (TPSA) is 24.9 Å². The molecule has 0 N–H and O–H groups in total. The van der Waals surface area contributed by atoms with Gasteiger partial charge in [0.25, 0.3) is 0 Å². The molecule has 2 saturated heterocycles. The molecular weight excluding hydrogens is 588 g/mol. The zero-order chi connectivity index (χ0) is 35.7. The van der Waals surface area contributed by atoms with Gasteiger partial charge in [-0.15, -0.1) is 0 Å². The summed E-state index contributed by atoms with van der Waals surface area (Å²) in [4.78, 5) is 13.3. The molecule has 2 rings (SSSR count). The highest BCUT2D eigenvalue weighted by atomic mass is 16.7. The van der Waals surface area contributed by atoms with Crippen LogP contribution in [0.3, 0.4) is 0 Å². The molecule has 48 heavy (non-hydrogen) atoms. The number of unbranched alkanes of at least 4 members (excludes halogenated alkanes) is 16. The maximum absolute atomic E-state index is 6.63. The molecule has 0 aromatic rings. The van der Waals surface area contributed by atoms with Gasteiger partial charge in [-0.05, 0) is 88.4 Å². The van der Waals surface area contributed by atoms with E-state index in [0.29, 0.717) is 11.8 Å². The molecule has 2 aliphatic heterocycles. The van der Waals surface area contributed by atoms with Crippen molar-refractivity contribution in [3.8, 4) is 0 Å². The highest BCUT2D eigenvalue weighted by Gasteiger charge is 2.58. The Labute approximate surface area is 302 Å². The van der Waals surface area contributed by atoms with Gasteiger partial charge in [0.1, 0.15) is 0 Å². The van der Waals surface area contributed by atoms with E-state index in [2.05, 4.69) is 86.3 Å². The summed E-state index contributed by atoms with van der Waals surface area (Å²) < 4.78 is 0. The van der Waals surface area contributed by atoms with Crippen molar-refractivity contribution in [3.63, 3.8) is 0 Å². The first kappa shape index (κ1) is 44.0. The van der Waals surface area contributed by atoms with Crippen LogP contribution in [0.5, 0.6) is 0 Å². The predicted octanol–water partition coefficient (Wildman–Crippen LogP) is 13.6. The van der Waals surface area contributed by atoms with Gasteiger partial charge in [-0.3, -0.25) is 9.68 Å². The number of piperidine rings is 2. The Morgan fingerprint density at radius 1 is 0.458 bits per heavy atom. The average molecular weight is 677 g/mol. The Morgan fingerprint density at radius 3 is 1.12 bits per heavy atom. The van der Waals surface area contributed by atoms with Crippen LogP contribution in [0.2, 0.25) is 0 Å². The molecule has 2 aliphatic rings. The molecule has 0 bridgehead atoms. The largest absolute Gasteiger partial charge is 0.298 e. The molecular formula is C44H88N2O2. The third-order valence-corrected chi connectivity index (χ3v) is 14.2. The molecule has 0 spiro atoms. The first-order valence-corrected chi connectivity index (χ1v) is 21.6. The molecule has 2 fully saturated rings. The highest BCUT2D eigenvalue weighted by Crippen LogP contribution is 2.58. The summed E-state index contributed by atoms with van der Waals surface area (Å²) in [5.41, 5.74) is 0.307. The number of hydrogen-bond acceptors (Lipinski definition) is 4. The van der Waals surface area contributed by atoms with Gasteiger partial charge < -0.3 is 0 Å². The van der Waals surface area contributed by atoms with E-state index in [9.17, 15) is 0 Å². The summed E-state index contributed by atoms with van der Waals surface area (Å²) in [6.07, 6.45) is 29.4. The maximum atomic E-state index is 6.63. The third-order valence-electron chi connectivity index (χ3n) is 14.2. The highest BCUT2D eigenvalue weighted by molar-refractivity contribution is 5.08. The van der Waals surface area contributed by atoms with Gasteiger partial charge in [0.05, 0.1) is 13.2 Å². The Kier molecular flexibility index (Phi) is 20.2. The zero-order valence-electron chi connectivity index (χ0n) is 34.8. The van der Waals surface area contributed by atoms with Gasteiger partial charge >= 0.3 is 0 Å². The van der Waals surface area contributed by atoms with E-state index in [1.165, 1.54) is 141 Å². The van der Waals surface area contributed by atoms with Crippen molar-refractivity contribution in [3.05, 3.63) is 0 Å². The summed E-state index contributed by atoms with van der Waals surface area (Å²) in [6, 6.07) is 0. The van der Waals surface area contributed by atoms with Gasteiger partial charge in [-0.2, -0.15) is 10.1 Å². The van der Waals surface area contributed by atoms with Crippen LogP contribution < -0.4 is 0 Å². The van der Waals surface area contributed by atoms with Crippen molar-refractivity contribution >= 4 is 0 Å². The number of hydroxylamine groups is 4. The molecule has 0 aliphatic carbocycles. The molecule has 4 nitrogen and oxygen atoms in total. The van der Waals surface area contributed by atoms with Crippen LogP contribution in [-0.2, 0) is 9.68 Å². The van der Waals surface area contributed by atoms with E-state index >= 15 is 0 Å². The molecule has 0 aromatic carbocycles. The normalized spacial score (nSPS) is 24.6. The van der Waals surface area contributed by atoms with Gasteiger partial charge in [0.15, 0.2) is 0 Å². The minimum Gasteiger partial charge on any atom is -0.298 e. The van der Waals surface area contributed by atoms with Crippen molar-refractivity contribution in [1.29, 1.82) is 0 Å². The van der Waals surface area contributed by atoms with E-state index in [4.69, 9.17) is 9.68 Å². The van der Waals surface area contributed by atoms with Crippen molar-refractivity contribution in [2.75, 3.05) is 26.3 Å². The Balaban J connectivity index is 2.16. The lowest BCUT2D eigenvalue weighted by Gasteiger charge is -2.63. The summed E-state index contributed by atoms with van der Waals surface area (Å²) in [6.45, 7) is 31.1. The molecule has 0 saturated carbocycles. The number of hydrogen-bond donors (Lipinski definition) is 0. The van der Waals surface area contributed by atoms with E-state index in [-0.39, 0.29) is 21.9 Å². The quantitative estimate of drug-likeness (QED) is 0.0851. The minimum absolute atomic E-state index is 0.00284. The first-order valence-electron chi connectivity index (χ1n) is 21.6. The number of rotatable bonds is 26. The molecule has 0 aromatic heterocycles. The molecule has 2 unspecified atom stereocenters. The molecule has 2 heterocycles. The van der Waals surface area contributed by atoms with Crippen LogP contribution in [0.15, 0.2) is 0 Å². The predicted molar refractivity (Wildman–Crippen MR) is 210 cm³/mol. The van der Waals surface area contributed by atoms with Gasteiger partial charge in [0, 0.05) is 24.2 Å². The SMILES string of the molecule is CCCCCCCCCC(C1CCN(OCCCCCCCC)C(C)(C)C1(C)C)C1CCN(OCCCCCCCC)C(C)(C)C1(C)C. The Hall–Kier alpha value is -0.160. The van der Waals surface area contributed by atoms with Crippen LogP contribution in [-0.4, -0.2) is 47.5 Å². The van der Waals surface area contributed by atoms with Gasteiger partial charge in [0.2, 0.25) is 0 Å². The van der Waals surface area contributed by atoms with E-state index in [0.717, 1.165) is 32.2 Å². The third kappa shape index (κ3) is 12.2. The van der Waals surface area contributed by atoms with E-state index in [1.807, 2.05) is 0 Å². The summed E-state index contributed by atoms with van der Waals surface area (Å²) in [5.74, 6) is 2.11. The minimum atomic E-state index is -0.00284. The summed E-state index contributed by atoms with van der Waals surface area (Å²) >= 11 is 0. The molecule has 0 radical (unpaired) electrons. The lowest BCUT2D eigenvalue weighted by atomic mass is 9.50. The van der Waals surface area contributed by atoms with Crippen molar-refractivity contribution in [2.45, 2.75) is 228 Å². The zero-order valence-corrected chi connectivity index (χ0v) is 34.8. The maximum Gasteiger partial charge on any atom is 0.0685 e. The van der Waals surface area contributed by atoms with E-state index in [1.54, 1.807) is 0 Å². The van der Waals surface area contributed by atoms with Crippen LogP contribution in [0.1, 0.15) is 217 Å². The smallest absolute Gasteiger partial charge is 0.0685 e. The molecule has 0 amide bonds. The summed E-state index contributed by atoms with van der Waals surface area (Å²) in [5, 5.41) is 4.82. The van der Waals surface area contributed by atoms with Crippen molar-refractivity contribution < 1.29 is 9.68 Å². The van der Waals surface area contributed by atoms with Crippen LogP contribution in [0.25, 0.3) is 0 Å². The second kappa shape index (κ2) is 22.0. The number of nitrogens with zero attached hydrogens (tertiary/aromatic N) is 2. The van der Waals surface area contributed by atoms with Crippen molar-refractivity contribution in [2.24, 2.45) is 28.6 Å². The Bertz CT molecular complexity index is 763. The standard InChI is InChI=1S/C44H88N2O2/c1-12-15-18-21-24-25-28-31-38(39-32-34-45(43(8,9)41(39,4)5)47-36-29-26-22-19-16-13-2)40-33-35-46(44(10,11)42(40,6)7)48-37-30-27-23-20-17-14-3/h38-40H,12-37H2,1-11H3. The molecule has 2 atom stereocenters. The monoisotopic (exact) mass is 677 g/mol. The first-order chi connectivity index (χ1) is 22.8. The van der Waals surface area contributed by atoms with Gasteiger partial charge in [-0.1, -0.05) is 158 Å². The lowest BCUT2D eigenvalue weighted by Crippen LogP contribution is -2.66. The van der Waals surface area contributed by atoms with Crippen LogP contribution in [0.4, 0.5) is 0 Å². The van der Waals surface area contributed by atoms with Crippen LogP contribution in [0, 0.1) is 28.6 Å². The fourth-order valence-corrected chi connectivity index (χ4v) is 9.43. The molecule has 4 heteroatoms. The molecule has 286 valence electrons. The van der Waals surface area contributed by atoms with E-state index < -0.39 is 0 Å². The van der Waals surface area contributed by atoms with Crippen molar-refractivity contribution in [1.82, 2.24) is 10.1 Å². The average Bonchev–Trinajstić information content (AvgIpc) is 3.03. The second-order valence-electron chi connectivity index (χ2n) is 18.3. The van der Waals surface area contributed by atoms with Gasteiger partial charge in [-0.25, -0.2) is 0 Å². The lowest BCUT2D eigenvalue weighted by molar-refractivity contribution is -0.291. The fourth-order valence-electron chi connectivity index (χ4n) is 9.43. The Morgan fingerprint density at radius 2 is 0.771 bits per heavy atom. The van der Waals surface area contributed by atoms with Crippen LogP contribution >= 0.6 is 0 Å². The fraction of sp³-hybridized carbons (Fsp3) is 1.00. The second-order valence-corrected chi connectivity index (χ2v) is 18.3.